The number of alkyl halides is 2. The summed E-state index contributed by atoms with van der Waals surface area (Å²) in [5.74, 6) is -1.60. The van der Waals surface area contributed by atoms with E-state index in [9.17, 15) is 9.59 Å². The van der Waals surface area contributed by atoms with E-state index in [0.29, 0.717) is 11.1 Å². The molecule has 0 aliphatic carbocycles. The van der Waals surface area contributed by atoms with E-state index in [-0.39, 0.29) is 23.3 Å². The van der Waals surface area contributed by atoms with Gasteiger partial charge in [0, 0.05) is 17.7 Å². The SMILES string of the molecule is NCC(N)(C(=O)c1occc1CCl)C(=O)c1occc1CCl. The number of nitrogens with two attached hydrogens (primary N) is 2. The van der Waals surface area contributed by atoms with Crippen molar-refractivity contribution in [2.45, 2.75) is 17.3 Å². The van der Waals surface area contributed by atoms with E-state index in [2.05, 4.69) is 0 Å². The third-order valence-electron chi connectivity index (χ3n) is 3.33. The Hall–Kier alpha value is -1.60. The molecule has 8 heteroatoms. The van der Waals surface area contributed by atoms with Crippen LogP contribution in [0.3, 0.4) is 0 Å². The second-order valence-corrected chi connectivity index (χ2v) is 5.19. The Morgan fingerprint density at radius 3 is 1.73 bits per heavy atom. The van der Waals surface area contributed by atoms with Gasteiger partial charge in [-0.25, -0.2) is 0 Å². The predicted octanol–water partition coefficient (Wildman–Crippen LogP) is 2.07. The molecule has 0 radical (unpaired) electrons. The van der Waals surface area contributed by atoms with Gasteiger partial charge in [0.05, 0.1) is 24.3 Å². The maximum atomic E-state index is 12.6. The first kappa shape index (κ1) is 16.8. The van der Waals surface area contributed by atoms with E-state index >= 15 is 0 Å². The molecule has 0 unspecified atom stereocenters. The molecule has 0 aromatic carbocycles. The molecule has 0 amide bonds. The summed E-state index contributed by atoms with van der Waals surface area (Å²) in [6, 6.07) is 3.05. The Kier molecular flexibility index (Phi) is 5.08. The smallest absolute Gasteiger partial charge is 0.227 e. The Morgan fingerprint density at radius 1 is 1.00 bits per heavy atom. The zero-order valence-electron chi connectivity index (χ0n) is 11.5. The molecule has 2 aromatic heterocycles. The molecule has 0 aliphatic rings. The van der Waals surface area contributed by atoms with Crippen LogP contribution >= 0.6 is 23.2 Å². The lowest BCUT2D eigenvalue weighted by atomic mass is 9.86. The van der Waals surface area contributed by atoms with Gasteiger partial charge in [-0.3, -0.25) is 9.59 Å². The Morgan fingerprint density at radius 2 is 1.41 bits per heavy atom. The Labute approximate surface area is 136 Å². The van der Waals surface area contributed by atoms with Gasteiger partial charge >= 0.3 is 0 Å². The van der Waals surface area contributed by atoms with Crippen LogP contribution in [0.1, 0.15) is 32.2 Å². The molecule has 0 fully saturated rings. The van der Waals surface area contributed by atoms with Crippen LogP contribution in [0.25, 0.3) is 0 Å². The van der Waals surface area contributed by atoms with Crippen molar-refractivity contribution in [3.63, 3.8) is 0 Å². The Balaban J connectivity index is 2.44. The summed E-state index contributed by atoms with van der Waals surface area (Å²) in [7, 11) is 0. The van der Waals surface area contributed by atoms with E-state index in [4.69, 9.17) is 43.5 Å². The van der Waals surface area contributed by atoms with Crippen molar-refractivity contribution in [2.75, 3.05) is 6.54 Å². The molecular formula is C14H14Cl2N2O4. The second-order valence-electron chi connectivity index (χ2n) is 4.65. The van der Waals surface area contributed by atoms with E-state index in [1.807, 2.05) is 0 Å². The molecule has 4 N–H and O–H groups in total. The number of Topliss-reactive ketones (excluding diaryl/α,β-unsaturated/α-hetero) is 2. The average molecular weight is 345 g/mol. The minimum atomic E-state index is -2.02. The first-order valence-electron chi connectivity index (χ1n) is 6.32. The number of ketones is 2. The van der Waals surface area contributed by atoms with Crippen molar-refractivity contribution >= 4 is 34.8 Å². The second kappa shape index (κ2) is 6.66. The molecule has 0 aliphatic heterocycles. The van der Waals surface area contributed by atoms with E-state index < -0.39 is 23.7 Å². The highest BCUT2D eigenvalue weighted by Crippen LogP contribution is 2.24. The van der Waals surface area contributed by atoms with E-state index in [1.54, 1.807) is 0 Å². The van der Waals surface area contributed by atoms with Gasteiger partial charge in [0.2, 0.25) is 11.6 Å². The highest BCUT2D eigenvalue weighted by molar-refractivity contribution is 6.24. The number of carbonyl (C=O) groups is 2. The van der Waals surface area contributed by atoms with Crippen LogP contribution in [-0.4, -0.2) is 23.7 Å². The van der Waals surface area contributed by atoms with Crippen molar-refractivity contribution in [3.05, 3.63) is 47.3 Å². The lowest BCUT2D eigenvalue weighted by Gasteiger charge is -2.23. The highest BCUT2D eigenvalue weighted by atomic mass is 35.5. The van der Waals surface area contributed by atoms with Gasteiger partial charge in [-0.15, -0.1) is 23.2 Å². The zero-order chi connectivity index (χ0) is 16.3. The molecule has 0 saturated carbocycles. The summed E-state index contributed by atoms with van der Waals surface area (Å²) >= 11 is 11.5. The monoisotopic (exact) mass is 344 g/mol. The molecule has 0 saturated heterocycles. The summed E-state index contributed by atoms with van der Waals surface area (Å²) in [4.78, 5) is 25.2. The highest BCUT2D eigenvalue weighted by Gasteiger charge is 2.45. The average Bonchev–Trinajstić information content (AvgIpc) is 3.20. The number of rotatable bonds is 7. The lowest BCUT2D eigenvalue weighted by Crippen LogP contribution is -2.60. The molecule has 2 aromatic rings. The first-order chi connectivity index (χ1) is 10.5. The quantitative estimate of drug-likeness (QED) is 0.451. The van der Waals surface area contributed by atoms with Gasteiger partial charge in [0.1, 0.15) is 0 Å². The summed E-state index contributed by atoms with van der Waals surface area (Å²) in [6.07, 6.45) is 2.59. The zero-order valence-corrected chi connectivity index (χ0v) is 13.0. The molecule has 118 valence electrons. The van der Waals surface area contributed by atoms with Crippen LogP contribution in [0.5, 0.6) is 0 Å². The standard InChI is InChI=1S/C14H14Cl2N2O4/c15-5-8-1-3-21-10(8)12(19)14(18,7-17)13(20)11-9(6-16)2-4-22-11/h1-4H,5-7,17-18H2. The maximum Gasteiger partial charge on any atom is 0.227 e. The fraction of sp³-hybridized carbons (Fsp3) is 0.286. The minimum absolute atomic E-state index is 0.0418. The third-order valence-corrected chi connectivity index (χ3v) is 3.90. The topological polar surface area (TPSA) is 112 Å². The summed E-state index contributed by atoms with van der Waals surface area (Å²) < 4.78 is 10.2. The number of furan rings is 2. The number of hydrogen-bond acceptors (Lipinski definition) is 6. The van der Waals surface area contributed by atoms with E-state index in [0.717, 1.165) is 0 Å². The normalized spacial score (nSPS) is 11.6. The van der Waals surface area contributed by atoms with Crippen LogP contribution in [-0.2, 0) is 11.8 Å². The summed E-state index contributed by atoms with van der Waals surface area (Å²) in [6.45, 7) is -0.421. The van der Waals surface area contributed by atoms with Gasteiger partial charge in [0.25, 0.3) is 0 Å². The van der Waals surface area contributed by atoms with Crippen LogP contribution in [0.4, 0.5) is 0 Å². The first-order valence-corrected chi connectivity index (χ1v) is 7.39. The van der Waals surface area contributed by atoms with Crippen molar-refractivity contribution in [2.24, 2.45) is 11.5 Å². The summed E-state index contributed by atoms with van der Waals surface area (Å²) in [5, 5.41) is 0. The predicted molar refractivity (Wildman–Crippen MR) is 81.2 cm³/mol. The molecule has 0 atom stereocenters. The van der Waals surface area contributed by atoms with Crippen LogP contribution in [0, 0.1) is 0 Å². The molecule has 0 bridgehead atoms. The van der Waals surface area contributed by atoms with Gasteiger partial charge in [-0.1, -0.05) is 0 Å². The maximum absolute atomic E-state index is 12.6. The third kappa shape index (κ3) is 2.70. The van der Waals surface area contributed by atoms with Crippen molar-refractivity contribution in [3.8, 4) is 0 Å². The molecule has 0 spiro atoms. The largest absolute Gasteiger partial charge is 0.461 e. The molecule has 2 rings (SSSR count). The van der Waals surface area contributed by atoms with Gasteiger partial charge in [-0.2, -0.15) is 0 Å². The molecule has 2 heterocycles. The summed E-state index contributed by atoms with van der Waals surface area (Å²) in [5.41, 5.74) is 10.4. The fourth-order valence-corrected chi connectivity index (χ4v) is 2.39. The number of halogens is 2. The van der Waals surface area contributed by atoms with Gasteiger partial charge in [0.15, 0.2) is 17.1 Å². The van der Waals surface area contributed by atoms with Crippen molar-refractivity contribution in [1.82, 2.24) is 0 Å². The minimum Gasteiger partial charge on any atom is -0.461 e. The fourth-order valence-electron chi connectivity index (χ4n) is 1.97. The molecule has 22 heavy (non-hydrogen) atoms. The lowest BCUT2D eigenvalue weighted by molar-refractivity contribution is 0.0740. The van der Waals surface area contributed by atoms with Crippen LogP contribution in [0.15, 0.2) is 33.5 Å². The number of carbonyl (C=O) groups excluding carboxylic acids is 2. The molecule has 6 nitrogen and oxygen atoms in total. The van der Waals surface area contributed by atoms with E-state index in [1.165, 1.54) is 24.7 Å². The van der Waals surface area contributed by atoms with Crippen LogP contribution in [0.2, 0.25) is 0 Å². The number of hydrogen-bond donors (Lipinski definition) is 2. The van der Waals surface area contributed by atoms with Crippen molar-refractivity contribution in [1.29, 1.82) is 0 Å². The molecular weight excluding hydrogens is 331 g/mol. The van der Waals surface area contributed by atoms with Gasteiger partial charge in [-0.05, 0) is 12.1 Å². The van der Waals surface area contributed by atoms with Crippen molar-refractivity contribution < 1.29 is 18.4 Å². The van der Waals surface area contributed by atoms with Gasteiger partial charge < -0.3 is 20.3 Å². The Bertz CT molecular complexity index is 638. The van der Waals surface area contributed by atoms with Crippen LogP contribution < -0.4 is 11.5 Å².